The first-order valence-corrected chi connectivity index (χ1v) is 10.8. The molecule has 1 heterocycles. The third-order valence-corrected chi connectivity index (χ3v) is 6.78. The standard InChI is InChI=1S/C19H18N2O4S2/c20-9-15-14-6-1-2-7-16(14)26-18(15)21-17(22)11-27(25)10-12-4-3-5-13(8-12)19(23)24/h3-5,8H,1-2,6-7,10-11H2,(H,21,22)(H,23,24). The SMILES string of the molecule is N#Cc1c(NC(=O)CS(=O)Cc2cccc(C(=O)O)c2)sc2c1CCCC2. The molecule has 6 nitrogen and oxygen atoms in total. The molecule has 1 unspecified atom stereocenters. The minimum absolute atomic E-state index is 0.0978. The van der Waals surface area contributed by atoms with Crippen LogP contribution in [0.4, 0.5) is 5.00 Å². The molecule has 8 heteroatoms. The smallest absolute Gasteiger partial charge is 0.335 e. The third-order valence-electron chi connectivity index (χ3n) is 4.33. The molecule has 2 aromatic rings. The second kappa shape index (κ2) is 8.46. The predicted molar refractivity (Wildman–Crippen MR) is 104 cm³/mol. The van der Waals surface area contributed by atoms with Crippen LogP contribution in [0.3, 0.4) is 0 Å². The molecule has 0 saturated carbocycles. The maximum atomic E-state index is 12.3. The lowest BCUT2D eigenvalue weighted by atomic mass is 9.96. The average molecular weight is 402 g/mol. The first-order valence-electron chi connectivity index (χ1n) is 8.49. The highest BCUT2D eigenvalue weighted by atomic mass is 32.2. The van der Waals surface area contributed by atoms with Crippen molar-refractivity contribution in [2.45, 2.75) is 31.4 Å². The lowest BCUT2D eigenvalue weighted by molar-refractivity contribution is -0.113. The molecule has 0 radical (unpaired) electrons. The van der Waals surface area contributed by atoms with Gasteiger partial charge in [-0.15, -0.1) is 11.3 Å². The van der Waals surface area contributed by atoms with Crippen LogP contribution in [-0.2, 0) is 34.2 Å². The molecule has 0 spiro atoms. The Morgan fingerprint density at radius 3 is 2.81 bits per heavy atom. The van der Waals surface area contributed by atoms with Gasteiger partial charge in [-0.25, -0.2) is 4.79 Å². The zero-order chi connectivity index (χ0) is 19.4. The van der Waals surface area contributed by atoms with Crippen molar-refractivity contribution in [3.8, 4) is 6.07 Å². The van der Waals surface area contributed by atoms with Crippen LogP contribution in [0.15, 0.2) is 24.3 Å². The first kappa shape index (κ1) is 19.3. The maximum Gasteiger partial charge on any atom is 0.335 e. The van der Waals surface area contributed by atoms with Gasteiger partial charge in [-0.1, -0.05) is 12.1 Å². The number of carbonyl (C=O) groups excluding carboxylic acids is 1. The Morgan fingerprint density at radius 2 is 2.07 bits per heavy atom. The van der Waals surface area contributed by atoms with Crippen LogP contribution in [0, 0.1) is 11.3 Å². The molecule has 27 heavy (non-hydrogen) atoms. The number of nitrogens with one attached hydrogen (secondary N) is 1. The predicted octanol–water partition coefficient (Wildman–Crippen LogP) is 3.08. The molecule has 2 N–H and O–H groups in total. The number of rotatable bonds is 6. The zero-order valence-corrected chi connectivity index (χ0v) is 16.1. The van der Waals surface area contributed by atoms with Crippen molar-refractivity contribution in [2.24, 2.45) is 0 Å². The number of aromatic carboxylic acids is 1. The summed E-state index contributed by atoms with van der Waals surface area (Å²) in [5.41, 5.74) is 2.29. The summed E-state index contributed by atoms with van der Waals surface area (Å²) in [6, 6.07) is 8.38. The van der Waals surface area contributed by atoms with E-state index in [1.165, 1.54) is 23.5 Å². The molecule has 1 aliphatic carbocycles. The zero-order valence-electron chi connectivity index (χ0n) is 14.5. The number of anilines is 1. The number of hydrogen-bond acceptors (Lipinski definition) is 5. The van der Waals surface area contributed by atoms with Crippen LogP contribution in [0.2, 0.25) is 0 Å². The van der Waals surface area contributed by atoms with Gasteiger partial charge in [0.2, 0.25) is 5.91 Å². The highest BCUT2D eigenvalue weighted by Gasteiger charge is 2.22. The highest BCUT2D eigenvalue weighted by Crippen LogP contribution is 2.37. The number of carboxylic acid groups (broad SMARTS) is 1. The normalized spacial score (nSPS) is 14.0. The van der Waals surface area contributed by atoms with Crippen molar-refractivity contribution >= 4 is 39.0 Å². The van der Waals surface area contributed by atoms with E-state index in [1.807, 2.05) is 0 Å². The number of carbonyl (C=O) groups is 2. The van der Waals surface area contributed by atoms with E-state index < -0.39 is 22.7 Å². The van der Waals surface area contributed by atoms with E-state index in [9.17, 15) is 19.1 Å². The van der Waals surface area contributed by atoms with Gasteiger partial charge in [0.15, 0.2) is 0 Å². The number of amides is 1. The van der Waals surface area contributed by atoms with E-state index in [2.05, 4.69) is 11.4 Å². The maximum absolute atomic E-state index is 12.3. The quantitative estimate of drug-likeness (QED) is 0.772. The Bertz CT molecular complexity index is 959. The molecule has 1 aliphatic rings. The molecule has 140 valence electrons. The lowest BCUT2D eigenvalue weighted by Crippen LogP contribution is -2.20. The molecule has 1 amide bonds. The van der Waals surface area contributed by atoms with Gasteiger partial charge < -0.3 is 10.4 Å². The van der Waals surface area contributed by atoms with Gasteiger partial charge in [0.1, 0.15) is 16.8 Å². The number of benzene rings is 1. The Morgan fingerprint density at radius 1 is 1.30 bits per heavy atom. The molecule has 3 rings (SSSR count). The Kier molecular flexibility index (Phi) is 6.04. The van der Waals surface area contributed by atoms with Crippen LogP contribution in [0.25, 0.3) is 0 Å². The number of thiophene rings is 1. The Balaban J connectivity index is 1.64. The van der Waals surface area contributed by atoms with Crippen molar-refractivity contribution < 1.29 is 18.9 Å². The summed E-state index contributed by atoms with van der Waals surface area (Å²) in [4.78, 5) is 24.4. The van der Waals surface area contributed by atoms with E-state index in [-0.39, 0.29) is 17.1 Å². The average Bonchev–Trinajstić information content (AvgIpc) is 2.98. The fourth-order valence-electron chi connectivity index (χ4n) is 3.11. The number of fused-ring (bicyclic) bond motifs is 1. The third kappa shape index (κ3) is 4.62. The summed E-state index contributed by atoms with van der Waals surface area (Å²) in [7, 11) is -1.48. The number of hydrogen-bond donors (Lipinski definition) is 2. The second-order valence-corrected chi connectivity index (χ2v) is 8.87. The summed E-state index contributed by atoms with van der Waals surface area (Å²) >= 11 is 1.43. The molecule has 0 bridgehead atoms. The molecule has 0 fully saturated rings. The summed E-state index contributed by atoms with van der Waals surface area (Å²) in [6.45, 7) is 0. The molecule has 0 aliphatic heterocycles. The van der Waals surface area contributed by atoms with Crippen molar-refractivity contribution in [2.75, 3.05) is 11.1 Å². The van der Waals surface area contributed by atoms with Gasteiger partial charge in [0, 0.05) is 21.4 Å². The number of nitriles is 1. The van der Waals surface area contributed by atoms with Crippen LogP contribution in [0.5, 0.6) is 0 Å². The van der Waals surface area contributed by atoms with Gasteiger partial charge in [0.25, 0.3) is 0 Å². The van der Waals surface area contributed by atoms with E-state index in [4.69, 9.17) is 5.11 Å². The second-order valence-electron chi connectivity index (χ2n) is 6.31. The van der Waals surface area contributed by atoms with Crippen molar-refractivity contribution in [3.05, 3.63) is 51.4 Å². The fraction of sp³-hybridized carbons (Fsp3) is 0.316. The summed E-state index contributed by atoms with van der Waals surface area (Å²) in [6.07, 6.45) is 3.92. The van der Waals surface area contributed by atoms with Gasteiger partial charge >= 0.3 is 5.97 Å². The van der Waals surface area contributed by atoms with Crippen molar-refractivity contribution in [1.82, 2.24) is 0 Å². The molecular weight excluding hydrogens is 384 g/mol. The van der Waals surface area contributed by atoms with E-state index in [1.54, 1.807) is 12.1 Å². The molecular formula is C19H18N2O4S2. The minimum Gasteiger partial charge on any atom is -0.478 e. The monoisotopic (exact) mass is 402 g/mol. The summed E-state index contributed by atoms with van der Waals surface area (Å²) < 4.78 is 12.3. The van der Waals surface area contributed by atoms with Gasteiger partial charge in [-0.05, 0) is 48.9 Å². The molecule has 1 atom stereocenters. The van der Waals surface area contributed by atoms with Gasteiger partial charge in [-0.2, -0.15) is 5.26 Å². The number of nitrogens with zero attached hydrogens (tertiary/aromatic N) is 1. The van der Waals surface area contributed by atoms with Crippen molar-refractivity contribution in [1.29, 1.82) is 5.26 Å². The first-order chi connectivity index (χ1) is 13.0. The largest absolute Gasteiger partial charge is 0.478 e. The van der Waals surface area contributed by atoms with E-state index >= 15 is 0 Å². The van der Waals surface area contributed by atoms with Gasteiger partial charge in [-0.3, -0.25) is 9.00 Å². The highest BCUT2D eigenvalue weighted by molar-refractivity contribution is 7.85. The van der Waals surface area contributed by atoms with Crippen LogP contribution in [-0.4, -0.2) is 26.9 Å². The molecule has 0 saturated heterocycles. The van der Waals surface area contributed by atoms with Crippen LogP contribution >= 0.6 is 11.3 Å². The van der Waals surface area contributed by atoms with Crippen LogP contribution < -0.4 is 5.32 Å². The molecule has 1 aromatic carbocycles. The van der Waals surface area contributed by atoms with E-state index in [0.29, 0.717) is 16.1 Å². The lowest BCUT2D eigenvalue weighted by Gasteiger charge is -2.09. The minimum atomic E-state index is -1.48. The molecule has 1 aromatic heterocycles. The topological polar surface area (TPSA) is 107 Å². The summed E-state index contributed by atoms with van der Waals surface area (Å²) in [5, 5.41) is 21.7. The Hall–Kier alpha value is -2.50. The van der Waals surface area contributed by atoms with Gasteiger partial charge in [0.05, 0.1) is 11.1 Å². The van der Waals surface area contributed by atoms with Crippen molar-refractivity contribution in [3.63, 3.8) is 0 Å². The van der Waals surface area contributed by atoms with Crippen LogP contribution in [0.1, 0.15) is 44.8 Å². The number of aryl methyl sites for hydroxylation is 1. The number of carboxylic acids is 1. The summed E-state index contributed by atoms with van der Waals surface area (Å²) in [5.74, 6) is -1.56. The fourth-order valence-corrected chi connectivity index (χ4v) is 5.39. The van der Waals surface area contributed by atoms with E-state index in [0.717, 1.165) is 36.1 Å². The Labute approximate surface area is 163 Å².